The van der Waals surface area contributed by atoms with Crippen LogP contribution in [0.3, 0.4) is 0 Å². The zero-order valence-corrected chi connectivity index (χ0v) is 33.4. The van der Waals surface area contributed by atoms with Gasteiger partial charge in [0.05, 0.1) is 27.8 Å². The molecule has 3 aromatic heterocycles. The quantitative estimate of drug-likeness (QED) is 0.174. The van der Waals surface area contributed by atoms with Crippen LogP contribution >= 0.6 is 0 Å². The van der Waals surface area contributed by atoms with Crippen molar-refractivity contribution in [2.75, 3.05) is 0 Å². The number of hydrogen-bond donors (Lipinski definition) is 0. The molecular weight excluding hydrogens is 755 g/mol. The molecule has 0 saturated heterocycles. The van der Waals surface area contributed by atoms with E-state index in [1.807, 2.05) is 6.07 Å². The molecule has 0 amide bonds. The minimum Gasteiger partial charge on any atom is -0.307 e. The Labute approximate surface area is 356 Å². The number of rotatable bonds is 5. The van der Waals surface area contributed by atoms with Crippen molar-refractivity contribution in [3.63, 3.8) is 0 Å². The standard InChI is InChI=1S/C57H35N5/c1-2-17-36(18-3-1)40-24-10-11-28-46(40)55-58-56(47-30-16-22-37-19-4-7-23-41(37)47)60-57(59-55)61-50-32-15-13-29-48(50)52-51(61)35-39-21-6-9-26-43(39)54(52)62-49-31-14-12-27-44(49)45-34-33-38-20-5-8-25-42(38)53(45)62/h1-35H. The van der Waals surface area contributed by atoms with Gasteiger partial charge in [0, 0.05) is 43.4 Å². The van der Waals surface area contributed by atoms with Gasteiger partial charge in [-0.3, -0.25) is 4.57 Å². The van der Waals surface area contributed by atoms with Gasteiger partial charge in [0.1, 0.15) is 0 Å². The van der Waals surface area contributed by atoms with E-state index in [0.717, 1.165) is 71.4 Å². The van der Waals surface area contributed by atoms with Crippen molar-refractivity contribution < 1.29 is 0 Å². The summed E-state index contributed by atoms with van der Waals surface area (Å²) in [6.45, 7) is 0. The lowest BCUT2D eigenvalue weighted by molar-refractivity contribution is 0.954. The normalized spacial score (nSPS) is 11.9. The molecule has 0 saturated carbocycles. The summed E-state index contributed by atoms with van der Waals surface area (Å²) >= 11 is 0. The lowest BCUT2D eigenvalue weighted by Crippen LogP contribution is -2.07. The van der Waals surface area contributed by atoms with E-state index in [4.69, 9.17) is 15.0 Å². The lowest BCUT2D eigenvalue weighted by atomic mass is 9.99. The Morgan fingerprint density at radius 1 is 0.306 bits per heavy atom. The molecule has 0 aliphatic carbocycles. The lowest BCUT2D eigenvalue weighted by Gasteiger charge is -2.16. The number of aromatic nitrogens is 5. The van der Waals surface area contributed by atoms with Gasteiger partial charge in [0.2, 0.25) is 5.95 Å². The monoisotopic (exact) mass is 789 g/mol. The first kappa shape index (κ1) is 34.5. The molecule has 5 heteroatoms. The first-order chi connectivity index (χ1) is 30.8. The maximum absolute atomic E-state index is 5.49. The Kier molecular flexibility index (Phi) is 7.54. The zero-order valence-electron chi connectivity index (χ0n) is 33.4. The average molecular weight is 790 g/mol. The van der Waals surface area contributed by atoms with Crippen LogP contribution in [0, 0.1) is 0 Å². The third kappa shape index (κ3) is 5.12. The maximum Gasteiger partial charge on any atom is 0.238 e. The van der Waals surface area contributed by atoms with Crippen LogP contribution < -0.4 is 0 Å². The second-order valence-corrected chi connectivity index (χ2v) is 15.9. The molecular formula is C57H35N5. The molecule has 0 spiro atoms. The van der Waals surface area contributed by atoms with Crippen molar-refractivity contribution in [2.24, 2.45) is 0 Å². The molecule has 0 fully saturated rings. The molecule has 0 radical (unpaired) electrons. The summed E-state index contributed by atoms with van der Waals surface area (Å²) in [6, 6.07) is 75.6. The molecule has 288 valence electrons. The van der Waals surface area contributed by atoms with Crippen LogP contribution in [0.25, 0.3) is 121 Å². The summed E-state index contributed by atoms with van der Waals surface area (Å²) < 4.78 is 4.78. The SMILES string of the molecule is c1ccc(-c2ccccc2-c2nc(-c3cccc4ccccc34)nc(-n3c4ccccc4c4c(-n5c6ccccc6c6ccc7ccccc7c65)c5ccccc5cc43)n2)cc1. The number of fused-ring (bicyclic) bond motifs is 10. The topological polar surface area (TPSA) is 48.5 Å². The largest absolute Gasteiger partial charge is 0.307 e. The smallest absolute Gasteiger partial charge is 0.238 e. The van der Waals surface area contributed by atoms with E-state index in [-0.39, 0.29) is 0 Å². The minimum absolute atomic E-state index is 0.556. The van der Waals surface area contributed by atoms with E-state index in [9.17, 15) is 0 Å². The molecule has 62 heavy (non-hydrogen) atoms. The average Bonchev–Trinajstić information content (AvgIpc) is 3.86. The molecule has 13 aromatic rings. The molecule has 0 N–H and O–H groups in total. The predicted octanol–water partition coefficient (Wildman–Crippen LogP) is 14.5. The fraction of sp³-hybridized carbons (Fsp3) is 0. The molecule has 13 rings (SSSR count). The number of nitrogens with zero attached hydrogens (tertiary/aromatic N) is 5. The van der Waals surface area contributed by atoms with E-state index < -0.39 is 0 Å². The van der Waals surface area contributed by atoms with E-state index in [2.05, 4.69) is 215 Å². The minimum atomic E-state index is 0.556. The molecule has 10 aromatic carbocycles. The summed E-state index contributed by atoms with van der Waals surface area (Å²) in [5, 5.41) is 11.6. The highest BCUT2D eigenvalue weighted by molar-refractivity contribution is 6.24. The second-order valence-electron chi connectivity index (χ2n) is 15.9. The second kappa shape index (κ2) is 13.6. The van der Waals surface area contributed by atoms with Crippen molar-refractivity contribution in [1.29, 1.82) is 0 Å². The Hall–Kier alpha value is -8.41. The van der Waals surface area contributed by atoms with Gasteiger partial charge in [-0.2, -0.15) is 9.97 Å². The molecule has 0 bridgehead atoms. The maximum atomic E-state index is 5.49. The van der Waals surface area contributed by atoms with Gasteiger partial charge in [-0.05, 0) is 50.9 Å². The summed E-state index contributed by atoms with van der Waals surface area (Å²) in [4.78, 5) is 16.3. The van der Waals surface area contributed by atoms with E-state index >= 15 is 0 Å². The van der Waals surface area contributed by atoms with Crippen molar-refractivity contribution in [1.82, 2.24) is 24.1 Å². The van der Waals surface area contributed by atoms with Crippen LogP contribution in [0.2, 0.25) is 0 Å². The number of hydrogen-bond acceptors (Lipinski definition) is 3. The van der Waals surface area contributed by atoms with Crippen molar-refractivity contribution >= 4 is 75.9 Å². The Morgan fingerprint density at radius 3 is 1.65 bits per heavy atom. The van der Waals surface area contributed by atoms with E-state index in [1.165, 1.54) is 32.4 Å². The van der Waals surface area contributed by atoms with Crippen LogP contribution in [-0.2, 0) is 0 Å². The zero-order chi connectivity index (χ0) is 40.7. The Balaban J connectivity index is 1.19. The highest BCUT2D eigenvalue weighted by atomic mass is 15.2. The summed E-state index contributed by atoms with van der Waals surface area (Å²) in [6.07, 6.45) is 0. The fourth-order valence-corrected chi connectivity index (χ4v) is 9.85. The van der Waals surface area contributed by atoms with Crippen LogP contribution in [0.15, 0.2) is 212 Å². The molecule has 5 nitrogen and oxygen atoms in total. The van der Waals surface area contributed by atoms with Crippen molar-refractivity contribution in [3.8, 4) is 45.5 Å². The first-order valence-corrected chi connectivity index (χ1v) is 21.0. The third-order valence-electron chi connectivity index (χ3n) is 12.5. The highest BCUT2D eigenvalue weighted by Gasteiger charge is 2.25. The van der Waals surface area contributed by atoms with Crippen molar-refractivity contribution in [3.05, 3.63) is 212 Å². The van der Waals surface area contributed by atoms with Gasteiger partial charge in [-0.1, -0.05) is 194 Å². The highest BCUT2D eigenvalue weighted by Crippen LogP contribution is 2.45. The third-order valence-corrected chi connectivity index (χ3v) is 12.5. The molecule has 3 heterocycles. The summed E-state index contributed by atoms with van der Waals surface area (Å²) in [7, 11) is 0. The number of para-hydroxylation sites is 2. The van der Waals surface area contributed by atoms with E-state index in [1.54, 1.807) is 0 Å². The van der Waals surface area contributed by atoms with Gasteiger partial charge >= 0.3 is 0 Å². The summed E-state index contributed by atoms with van der Waals surface area (Å²) in [5.41, 5.74) is 9.57. The predicted molar refractivity (Wildman–Crippen MR) is 257 cm³/mol. The van der Waals surface area contributed by atoms with Crippen molar-refractivity contribution in [2.45, 2.75) is 0 Å². The van der Waals surface area contributed by atoms with Gasteiger partial charge in [0.25, 0.3) is 0 Å². The Morgan fingerprint density at radius 2 is 0.855 bits per heavy atom. The van der Waals surface area contributed by atoms with Gasteiger partial charge in [-0.15, -0.1) is 0 Å². The van der Waals surface area contributed by atoms with Gasteiger partial charge in [-0.25, -0.2) is 4.98 Å². The van der Waals surface area contributed by atoms with Crippen LogP contribution in [0.5, 0.6) is 0 Å². The number of benzene rings is 10. The summed E-state index contributed by atoms with van der Waals surface area (Å²) in [5.74, 6) is 1.78. The van der Waals surface area contributed by atoms with Gasteiger partial charge in [0.15, 0.2) is 11.6 Å². The van der Waals surface area contributed by atoms with Crippen LogP contribution in [0.4, 0.5) is 0 Å². The van der Waals surface area contributed by atoms with Crippen LogP contribution in [0.1, 0.15) is 0 Å². The molecule has 0 aliphatic heterocycles. The molecule has 0 unspecified atom stereocenters. The Bertz CT molecular complexity index is 3930. The first-order valence-electron chi connectivity index (χ1n) is 21.0. The van der Waals surface area contributed by atoms with E-state index in [0.29, 0.717) is 17.6 Å². The fourth-order valence-electron chi connectivity index (χ4n) is 9.85. The van der Waals surface area contributed by atoms with Gasteiger partial charge < -0.3 is 4.57 Å². The molecule has 0 aliphatic rings. The molecule has 0 atom stereocenters. The van der Waals surface area contributed by atoms with Crippen LogP contribution in [-0.4, -0.2) is 24.1 Å².